The van der Waals surface area contributed by atoms with E-state index in [2.05, 4.69) is 52.4 Å². The van der Waals surface area contributed by atoms with Crippen LogP contribution in [0.2, 0.25) is 0 Å². The summed E-state index contributed by atoms with van der Waals surface area (Å²) in [6.07, 6.45) is 9.58. The first-order valence-electron chi connectivity index (χ1n) is 7.68. The van der Waals surface area contributed by atoms with Gasteiger partial charge in [0.1, 0.15) is 0 Å². The summed E-state index contributed by atoms with van der Waals surface area (Å²) in [6.45, 7) is 3.35. The van der Waals surface area contributed by atoms with Crippen molar-refractivity contribution in [3.63, 3.8) is 0 Å². The van der Waals surface area contributed by atoms with Crippen molar-refractivity contribution in [2.24, 2.45) is 0 Å². The summed E-state index contributed by atoms with van der Waals surface area (Å²) in [5.74, 6) is 0.657. The highest BCUT2D eigenvalue weighted by atomic mass is 79.9. The maximum atomic E-state index is 3.51. The van der Waals surface area contributed by atoms with Crippen molar-refractivity contribution in [2.45, 2.75) is 57.8 Å². The fraction of sp³-hybridized carbons (Fsp3) is 0.647. The molecule has 0 aliphatic carbocycles. The van der Waals surface area contributed by atoms with Crippen molar-refractivity contribution in [3.8, 4) is 0 Å². The van der Waals surface area contributed by atoms with Gasteiger partial charge in [-0.05, 0) is 37.1 Å². The maximum absolute atomic E-state index is 3.51. The van der Waals surface area contributed by atoms with Crippen LogP contribution in [0.3, 0.4) is 0 Å². The van der Waals surface area contributed by atoms with Gasteiger partial charge in [0.15, 0.2) is 0 Å². The zero-order valence-corrected chi connectivity index (χ0v) is 14.0. The smallest absolute Gasteiger partial charge is 0.0175 e. The van der Waals surface area contributed by atoms with Gasteiger partial charge in [0.25, 0.3) is 0 Å². The lowest BCUT2D eigenvalue weighted by Gasteiger charge is -2.17. The summed E-state index contributed by atoms with van der Waals surface area (Å²) < 4.78 is 1.17. The molecule has 1 atom stereocenters. The van der Waals surface area contributed by atoms with E-state index in [1.54, 1.807) is 0 Å². The third kappa shape index (κ3) is 7.12. The molecule has 1 rings (SSSR count). The van der Waals surface area contributed by atoms with Gasteiger partial charge in [0, 0.05) is 11.0 Å². The molecule has 108 valence electrons. The fourth-order valence-electron chi connectivity index (χ4n) is 2.54. The Labute approximate surface area is 127 Å². The summed E-state index contributed by atoms with van der Waals surface area (Å²) in [7, 11) is 2.05. The number of halogens is 1. The molecule has 1 unspecified atom stereocenters. The van der Waals surface area contributed by atoms with E-state index in [1.165, 1.54) is 55.0 Å². The molecule has 1 N–H and O–H groups in total. The van der Waals surface area contributed by atoms with Gasteiger partial charge in [-0.1, -0.05) is 73.5 Å². The van der Waals surface area contributed by atoms with Crippen LogP contribution in [0.25, 0.3) is 0 Å². The van der Waals surface area contributed by atoms with Crippen molar-refractivity contribution in [3.05, 3.63) is 34.3 Å². The van der Waals surface area contributed by atoms with E-state index in [0.29, 0.717) is 5.92 Å². The second-order valence-corrected chi connectivity index (χ2v) is 6.28. The van der Waals surface area contributed by atoms with E-state index in [4.69, 9.17) is 0 Å². The lowest BCUT2D eigenvalue weighted by atomic mass is 9.93. The number of unbranched alkanes of at least 4 members (excludes halogenated alkanes) is 5. The Morgan fingerprint density at radius 3 is 2.26 bits per heavy atom. The van der Waals surface area contributed by atoms with Crippen molar-refractivity contribution in [1.82, 2.24) is 5.32 Å². The molecule has 0 heterocycles. The number of hydrogen-bond acceptors (Lipinski definition) is 1. The predicted molar refractivity (Wildman–Crippen MR) is 88.8 cm³/mol. The van der Waals surface area contributed by atoms with Crippen molar-refractivity contribution >= 4 is 15.9 Å². The van der Waals surface area contributed by atoms with Gasteiger partial charge in [-0.15, -0.1) is 0 Å². The number of nitrogens with one attached hydrogen (secondary N) is 1. The minimum atomic E-state index is 0.657. The van der Waals surface area contributed by atoms with Crippen LogP contribution in [0, 0.1) is 0 Å². The largest absolute Gasteiger partial charge is 0.319 e. The molecule has 0 radical (unpaired) electrons. The van der Waals surface area contributed by atoms with Crippen LogP contribution in [-0.2, 0) is 0 Å². The van der Waals surface area contributed by atoms with E-state index < -0.39 is 0 Å². The van der Waals surface area contributed by atoms with E-state index >= 15 is 0 Å². The molecule has 0 bridgehead atoms. The van der Waals surface area contributed by atoms with Gasteiger partial charge in [0.2, 0.25) is 0 Å². The fourth-order valence-corrected chi connectivity index (χ4v) is 2.80. The summed E-state index contributed by atoms with van der Waals surface area (Å²) in [6, 6.07) is 8.81. The van der Waals surface area contributed by atoms with Crippen LogP contribution in [-0.4, -0.2) is 13.6 Å². The Hall–Kier alpha value is -0.340. The van der Waals surface area contributed by atoms with Gasteiger partial charge >= 0.3 is 0 Å². The standard InChI is InChI=1S/C17H28BrN/c1-3-4-5-6-7-8-9-16(14-19-2)15-10-12-17(18)13-11-15/h10-13,16,19H,3-9,14H2,1-2H3. The second kappa shape index (κ2) is 10.4. The molecule has 0 saturated heterocycles. The van der Waals surface area contributed by atoms with E-state index in [9.17, 15) is 0 Å². The highest BCUT2D eigenvalue weighted by Crippen LogP contribution is 2.24. The van der Waals surface area contributed by atoms with Crippen molar-refractivity contribution < 1.29 is 0 Å². The Kier molecular flexibility index (Phi) is 9.19. The Bertz CT molecular complexity index is 321. The minimum Gasteiger partial charge on any atom is -0.319 e. The lowest BCUT2D eigenvalue weighted by molar-refractivity contribution is 0.522. The van der Waals surface area contributed by atoms with Gasteiger partial charge in [0.05, 0.1) is 0 Å². The van der Waals surface area contributed by atoms with E-state index in [0.717, 1.165) is 6.54 Å². The van der Waals surface area contributed by atoms with Crippen molar-refractivity contribution in [1.29, 1.82) is 0 Å². The zero-order chi connectivity index (χ0) is 13.9. The van der Waals surface area contributed by atoms with E-state index in [1.807, 2.05) is 7.05 Å². The molecule has 1 nitrogen and oxygen atoms in total. The molecule has 0 spiro atoms. The second-order valence-electron chi connectivity index (χ2n) is 5.36. The summed E-state index contributed by atoms with van der Waals surface area (Å²) in [5, 5.41) is 3.33. The normalized spacial score (nSPS) is 12.6. The van der Waals surface area contributed by atoms with Gasteiger partial charge in [-0.3, -0.25) is 0 Å². The molecule has 2 heteroatoms. The van der Waals surface area contributed by atoms with Crippen LogP contribution < -0.4 is 5.32 Å². The molecule has 19 heavy (non-hydrogen) atoms. The van der Waals surface area contributed by atoms with Crippen LogP contribution in [0.1, 0.15) is 63.4 Å². The zero-order valence-electron chi connectivity index (χ0n) is 12.4. The van der Waals surface area contributed by atoms with Crippen molar-refractivity contribution in [2.75, 3.05) is 13.6 Å². The van der Waals surface area contributed by atoms with Crippen LogP contribution >= 0.6 is 15.9 Å². The Morgan fingerprint density at radius 2 is 1.63 bits per heavy atom. The molecule has 0 saturated carbocycles. The third-order valence-corrected chi connectivity index (χ3v) is 4.23. The molecule has 0 aromatic heterocycles. The monoisotopic (exact) mass is 325 g/mol. The molecule has 1 aromatic carbocycles. The summed E-state index contributed by atoms with van der Waals surface area (Å²) in [5.41, 5.74) is 1.46. The molecule has 0 aliphatic heterocycles. The number of hydrogen-bond donors (Lipinski definition) is 1. The SMILES string of the molecule is CCCCCCCCC(CNC)c1ccc(Br)cc1. The molecule has 0 aliphatic rings. The number of benzene rings is 1. The topological polar surface area (TPSA) is 12.0 Å². The average molecular weight is 326 g/mol. The molecular formula is C17H28BrN. The lowest BCUT2D eigenvalue weighted by Crippen LogP contribution is -2.17. The maximum Gasteiger partial charge on any atom is 0.0175 e. The highest BCUT2D eigenvalue weighted by molar-refractivity contribution is 9.10. The van der Waals surface area contributed by atoms with Gasteiger partial charge in [-0.25, -0.2) is 0 Å². The molecular weight excluding hydrogens is 298 g/mol. The highest BCUT2D eigenvalue weighted by Gasteiger charge is 2.10. The first-order chi connectivity index (χ1) is 9.27. The first-order valence-corrected chi connectivity index (χ1v) is 8.47. The minimum absolute atomic E-state index is 0.657. The molecule has 0 amide bonds. The number of rotatable bonds is 10. The van der Waals surface area contributed by atoms with Crippen LogP contribution in [0.15, 0.2) is 28.7 Å². The number of likely N-dealkylation sites (N-methyl/N-ethyl adjacent to an activating group) is 1. The predicted octanol–water partition coefficient (Wildman–Crippen LogP) is 5.50. The summed E-state index contributed by atoms with van der Waals surface area (Å²) in [4.78, 5) is 0. The third-order valence-electron chi connectivity index (χ3n) is 3.70. The first kappa shape index (κ1) is 16.7. The van der Waals surface area contributed by atoms with Gasteiger partial charge in [-0.2, -0.15) is 0 Å². The quantitative estimate of drug-likeness (QED) is 0.560. The Balaban J connectivity index is 2.34. The van der Waals surface area contributed by atoms with E-state index in [-0.39, 0.29) is 0 Å². The average Bonchev–Trinajstić information content (AvgIpc) is 2.42. The van der Waals surface area contributed by atoms with Crippen LogP contribution in [0.4, 0.5) is 0 Å². The molecule has 1 aromatic rings. The molecule has 0 fully saturated rings. The van der Waals surface area contributed by atoms with Gasteiger partial charge < -0.3 is 5.32 Å². The Morgan fingerprint density at radius 1 is 1.00 bits per heavy atom. The van der Waals surface area contributed by atoms with Crippen LogP contribution in [0.5, 0.6) is 0 Å². The summed E-state index contributed by atoms with van der Waals surface area (Å²) >= 11 is 3.51.